The van der Waals surface area contributed by atoms with Crippen molar-refractivity contribution in [3.05, 3.63) is 340 Å². The van der Waals surface area contributed by atoms with Gasteiger partial charge in [-0.25, -0.2) is 29.9 Å². The van der Waals surface area contributed by atoms with Gasteiger partial charge in [0.05, 0.1) is 0 Å². The van der Waals surface area contributed by atoms with Crippen LogP contribution in [-0.4, -0.2) is 39.9 Å². The molecule has 27 aromatic rings. The first kappa shape index (κ1) is 68.8. The van der Waals surface area contributed by atoms with Crippen LogP contribution in [0.4, 0.5) is 0 Å². The highest BCUT2D eigenvalue weighted by atomic mass is 16.4. The topological polar surface area (TPSA) is 214 Å². The number of aromatic nitrogens is 8. The van der Waals surface area contributed by atoms with E-state index < -0.39 is 0 Å². The van der Waals surface area contributed by atoms with Crippen LogP contribution in [0.3, 0.4) is 0 Å². The minimum atomic E-state index is 0.288. The van der Waals surface area contributed by atoms with Crippen LogP contribution in [0.1, 0.15) is 0 Å². The highest BCUT2D eigenvalue weighted by Gasteiger charge is 2.29. The van der Waals surface area contributed by atoms with E-state index in [0.29, 0.717) is 156 Å². The first-order valence-corrected chi connectivity index (χ1v) is 42.5. The summed E-state index contributed by atoms with van der Waals surface area (Å²) in [6, 6.07) is 116. The smallest absolute Gasteiger partial charge is 0.170 e. The lowest BCUT2D eigenvalue weighted by atomic mass is 9.98. The van der Waals surface area contributed by atoms with Crippen molar-refractivity contribution >= 4 is 263 Å². The number of aromatic amines is 2. The van der Waals surface area contributed by atoms with Gasteiger partial charge in [0, 0.05) is 86.9 Å². The van der Waals surface area contributed by atoms with Crippen molar-refractivity contribution in [2.75, 3.05) is 0 Å². The molecule has 0 saturated heterocycles. The number of nitrogens with one attached hydrogen (secondary N) is 2. The quantitative estimate of drug-likeness (QED) is 0.145. The van der Waals surface area contributed by atoms with Crippen molar-refractivity contribution in [1.29, 1.82) is 0 Å². The maximum Gasteiger partial charge on any atom is 0.170 e. The zero-order chi connectivity index (χ0) is 83.2. The van der Waals surface area contributed by atoms with E-state index in [1.807, 2.05) is 97.1 Å². The van der Waals surface area contributed by atoms with E-state index in [0.717, 1.165) is 129 Å². The molecule has 0 saturated carbocycles. The Morgan fingerprint density at radius 3 is 0.469 bits per heavy atom. The van der Waals surface area contributed by atoms with Gasteiger partial charge in [0.2, 0.25) is 0 Å². The lowest BCUT2D eigenvalue weighted by molar-refractivity contribution is 0.619. The second-order valence-electron chi connectivity index (χ2n) is 33.1. The SMILES string of the molecule is c1ccc2c(c1)ccc1oc3cc4c(cc3oc3ccc5ccccc5c3c12)-c1nc-4nc2[nH]c(nc3nc(nc4[nH]c(n1)c1cc5oc6ccc7ccccc7c6c6c(ccc7ccccc76)oc5cc41)-c1cc4oc5ccc6ccccc6c5c5c(ccc6ccccc65)oc4cc1-3)c1cc3oc4ccc5ccccc5c4c4c(ccc5ccccc54)oc3cc21. The standard InChI is InChI=1S/C112H58N8O8/c1-9-25-65-57(17-1)33-41-81-97(65)98-66-26-10-2-18-58(66)34-42-82(98)122-90-50-74-73(49-89(90)121-81)105-113-106(74)118-108-77-53-93-94(126-86-46-38-62-22-6-14-30-70(62)102(86)101-69-29-13-5-21-61(69)37-45-85(101)125-93)54-78(77)110(115-108)120-112-80-56-96-95(127-87-47-39-63-23-7-15-31-71(63)103(87)104-72-32-16-8-24-64(72)40-48-88(104)128-96)55-79(80)111(116-112)119-109-76-52-92-91(51-75(76)107(114-109)117-105)123-83-43-35-59-19-3-11-27-67(59)99(83)100-68-28-12-4-20-60(68)36-44-84(100)124-92/h1-56H,(H2,113,114,115,116,117,118,119,120). The van der Waals surface area contributed by atoms with Crippen LogP contribution in [0.15, 0.2) is 375 Å². The third-order valence-electron chi connectivity index (χ3n) is 26.0. The van der Waals surface area contributed by atoms with Crippen LogP contribution >= 0.6 is 0 Å². The highest BCUT2D eigenvalue weighted by molar-refractivity contribution is 6.30. The summed E-state index contributed by atoms with van der Waals surface area (Å²) in [5.74, 6) is 1.15. The average Bonchev–Trinajstić information content (AvgIpc) is 1.67. The maximum atomic E-state index is 7.40. The molecule has 20 aromatic carbocycles. The van der Waals surface area contributed by atoms with E-state index in [-0.39, 0.29) is 23.3 Å². The Balaban J connectivity index is 0.786. The van der Waals surface area contributed by atoms with E-state index in [4.69, 9.17) is 65.2 Å². The molecule has 2 aliphatic heterocycles. The molecular formula is C112H58N8O8. The molecule has 2 N–H and O–H groups in total. The van der Waals surface area contributed by atoms with Gasteiger partial charge < -0.3 is 45.3 Å². The third kappa shape index (κ3) is 10.1. The molecule has 16 heteroatoms. The second-order valence-corrected chi connectivity index (χ2v) is 33.1. The Morgan fingerprint density at radius 1 is 0.141 bits per heavy atom. The van der Waals surface area contributed by atoms with Gasteiger partial charge in [0.15, 0.2) is 68.0 Å². The molecule has 0 spiro atoms. The molecule has 594 valence electrons. The van der Waals surface area contributed by atoms with Gasteiger partial charge in [-0.1, -0.05) is 243 Å². The summed E-state index contributed by atoms with van der Waals surface area (Å²) in [5, 5.41) is 26.0. The molecule has 9 heterocycles. The fraction of sp³-hybridized carbons (Fsp3) is 0. The molecule has 0 amide bonds. The fourth-order valence-corrected chi connectivity index (χ4v) is 20.2. The lowest BCUT2D eigenvalue weighted by Gasteiger charge is -2.10. The number of H-pyrrole nitrogens is 2. The van der Waals surface area contributed by atoms with E-state index in [1.54, 1.807) is 0 Å². The summed E-state index contributed by atoms with van der Waals surface area (Å²) in [6.07, 6.45) is 0. The molecule has 0 unspecified atom stereocenters. The van der Waals surface area contributed by atoms with Crippen LogP contribution in [0.25, 0.3) is 308 Å². The van der Waals surface area contributed by atoms with Crippen LogP contribution < -0.4 is 0 Å². The summed E-state index contributed by atoms with van der Waals surface area (Å²) < 4.78 is 59.2. The molecule has 2 aliphatic rings. The van der Waals surface area contributed by atoms with Crippen LogP contribution in [0.2, 0.25) is 0 Å². The third-order valence-corrected chi connectivity index (χ3v) is 26.0. The number of fused-ring (bicyclic) bond motifs is 52. The first-order valence-electron chi connectivity index (χ1n) is 42.5. The fourth-order valence-electron chi connectivity index (χ4n) is 20.2. The number of hydrogen-bond acceptors (Lipinski definition) is 14. The molecule has 0 aliphatic carbocycles. The van der Waals surface area contributed by atoms with Crippen LogP contribution in [0.5, 0.6) is 0 Å². The highest BCUT2D eigenvalue weighted by Crippen LogP contribution is 2.48. The van der Waals surface area contributed by atoms with E-state index in [1.165, 1.54) is 0 Å². The van der Waals surface area contributed by atoms with Gasteiger partial charge >= 0.3 is 0 Å². The molecule has 8 bridgehead atoms. The predicted molar refractivity (Wildman–Crippen MR) is 515 cm³/mol. The normalized spacial score (nSPS) is 12.4. The molecule has 0 atom stereocenters. The largest absolute Gasteiger partial charge is 0.453 e. The van der Waals surface area contributed by atoms with Gasteiger partial charge in [-0.3, -0.25) is 0 Å². The van der Waals surface area contributed by atoms with Crippen molar-refractivity contribution in [2.24, 2.45) is 0 Å². The monoisotopic (exact) mass is 1640 g/mol. The Labute approximate surface area is 718 Å². The molecule has 0 fully saturated rings. The summed E-state index contributed by atoms with van der Waals surface area (Å²) in [7, 11) is 0. The summed E-state index contributed by atoms with van der Waals surface area (Å²) in [6.45, 7) is 0. The number of hydrogen-bond donors (Lipinski definition) is 2. The number of nitrogens with zero attached hydrogens (tertiary/aromatic N) is 6. The van der Waals surface area contributed by atoms with Crippen molar-refractivity contribution in [3.63, 3.8) is 0 Å². The Kier molecular flexibility index (Phi) is 13.9. The molecule has 16 nitrogen and oxygen atoms in total. The van der Waals surface area contributed by atoms with E-state index in [2.05, 4.69) is 253 Å². The molecule has 29 rings (SSSR count). The zero-order valence-corrected chi connectivity index (χ0v) is 67.3. The van der Waals surface area contributed by atoms with Gasteiger partial charge in [-0.15, -0.1) is 0 Å². The minimum Gasteiger partial charge on any atom is -0.453 e. The van der Waals surface area contributed by atoms with Crippen LogP contribution in [-0.2, 0) is 0 Å². The predicted octanol–water partition coefficient (Wildman–Crippen LogP) is 31.2. The van der Waals surface area contributed by atoms with Gasteiger partial charge in [0.1, 0.15) is 67.3 Å². The second kappa shape index (κ2) is 25.9. The lowest BCUT2D eigenvalue weighted by Crippen LogP contribution is -1.86. The van der Waals surface area contributed by atoms with Crippen molar-refractivity contribution in [1.82, 2.24) is 39.9 Å². The van der Waals surface area contributed by atoms with E-state index in [9.17, 15) is 0 Å². The first-order chi connectivity index (χ1) is 63.3. The Morgan fingerprint density at radius 2 is 0.297 bits per heavy atom. The van der Waals surface area contributed by atoms with Crippen molar-refractivity contribution < 1.29 is 35.3 Å². The van der Waals surface area contributed by atoms with Crippen molar-refractivity contribution in [2.45, 2.75) is 0 Å². The van der Waals surface area contributed by atoms with Crippen LogP contribution in [0, 0.1) is 0 Å². The Bertz CT molecular complexity index is 9160. The van der Waals surface area contributed by atoms with Gasteiger partial charge in [0.25, 0.3) is 0 Å². The molecule has 7 aromatic heterocycles. The molecule has 0 radical (unpaired) electrons. The van der Waals surface area contributed by atoms with E-state index >= 15 is 0 Å². The number of rotatable bonds is 0. The summed E-state index contributed by atoms with van der Waals surface area (Å²) in [5.41, 5.74) is 12.3. The zero-order valence-electron chi connectivity index (χ0n) is 67.3. The average molecular weight is 1640 g/mol. The number of benzene rings is 20. The molecular weight excluding hydrogens is 1590 g/mol. The van der Waals surface area contributed by atoms with Gasteiger partial charge in [-0.05, 0) is 183 Å². The summed E-state index contributed by atoms with van der Waals surface area (Å²) in [4.78, 5) is 41.8. The summed E-state index contributed by atoms with van der Waals surface area (Å²) >= 11 is 0. The minimum absolute atomic E-state index is 0.288. The van der Waals surface area contributed by atoms with Gasteiger partial charge in [-0.2, -0.15) is 0 Å². The Hall–Kier alpha value is -17.8. The molecule has 128 heavy (non-hydrogen) atoms. The maximum absolute atomic E-state index is 7.40. The van der Waals surface area contributed by atoms with Crippen molar-refractivity contribution in [3.8, 4) is 45.6 Å².